The Labute approximate surface area is 80.4 Å². The highest BCUT2D eigenvalue weighted by Crippen LogP contribution is 2.06. The first-order chi connectivity index (χ1) is 6.18. The minimum Gasteiger partial charge on any atom is -0.481 e. The summed E-state index contributed by atoms with van der Waals surface area (Å²) in [6.45, 7) is 2.93. The van der Waals surface area contributed by atoms with Crippen molar-refractivity contribution in [2.75, 3.05) is 31.1 Å². The van der Waals surface area contributed by atoms with Gasteiger partial charge in [0.25, 0.3) is 0 Å². The minimum absolute atomic E-state index is 0.214. The SMILES string of the molecule is O=C(O)CS(=O)CCN1CCCC1. The molecular weight excluding hydrogens is 190 g/mol. The van der Waals surface area contributed by atoms with Crippen LogP contribution in [0, 0.1) is 0 Å². The highest BCUT2D eigenvalue weighted by Gasteiger charge is 2.13. The second-order valence-corrected chi connectivity index (χ2v) is 4.81. The van der Waals surface area contributed by atoms with Crippen LogP contribution in [-0.4, -0.2) is 51.3 Å². The summed E-state index contributed by atoms with van der Waals surface area (Å²) in [7, 11) is -1.19. The zero-order valence-corrected chi connectivity index (χ0v) is 8.39. The highest BCUT2D eigenvalue weighted by atomic mass is 32.2. The number of likely N-dealkylation sites (tertiary alicyclic amines) is 1. The van der Waals surface area contributed by atoms with Gasteiger partial charge >= 0.3 is 5.97 Å². The van der Waals surface area contributed by atoms with Gasteiger partial charge in [0.15, 0.2) is 0 Å². The third kappa shape index (κ3) is 4.38. The number of aliphatic carboxylic acids is 1. The van der Waals surface area contributed by atoms with Gasteiger partial charge in [-0.2, -0.15) is 0 Å². The van der Waals surface area contributed by atoms with Crippen molar-refractivity contribution in [3.63, 3.8) is 0 Å². The first kappa shape index (κ1) is 10.7. The molecule has 0 aromatic heterocycles. The van der Waals surface area contributed by atoms with Gasteiger partial charge in [0, 0.05) is 23.1 Å². The van der Waals surface area contributed by atoms with Crippen molar-refractivity contribution >= 4 is 16.8 Å². The maximum atomic E-state index is 11.1. The quantitative estimate of drug-likeness (QED) is 0.682. The molecule has 0 aromatic carbocycles. The molecule has 0 saturated carbocycles. The Morgan fingerprint density at radius 2 is 2.00 bits per heavy atom. The molecule has 76 valence electrons. The van der Waals surface area contributed by atoms with E-state index in [1.807, 2.05) is 0 Å². The van der Waals surface area contributed by atoms with Gasteiger partial charge in [0.2, 0.25) is 0 Å². The smallest absolute Gasteiger partial charge is 0.316 e. The maximum Gasteiger partial charge on any atom is 0.316 e. The number of carboxylic acids is 1. The lowest BCUT2D eigenvalue weighted by Crippen LogP contribution is -2.26. The van der Waals surface area contributed by atoms with Crippen LogP contribution in [0.1, 0.15) is 12.8 Å². The molecule has 1 aliphatic heterocycles. The van der Waals surface area contributed by atoms with Gasteiger partial charge < -0.3 is 10.0 Å². The molecule has 1 heterocycles. The monoisotopic (exact) mass is 205 g/mol. The summed E-state index contributed by atoms with van der Waals surface area (Å²) in [5.41, 5.74) is 0. The number of carboxylic acid groups (broad SMARTS) is 1. The number of hydrogen-bond donors (Lipinski definition) is 1. The fraction of sp³-hybridized carbons (Fsp3) is 0.875. The van der Waals surface area contributed by atoms with Gasteiger partial charge in [0.05, 0.1) is 0 Å². The van der Waals surface area contributed by atoms with Gasteiger partial charge in [-0.3, -0.25) is 9.00 Å². The topological polar surface area (TPSA) is 57.6 Å². The molecule has 0 aromatic rings. The third-order valence-electron chi connectivity index (χ3n) is 2.12. The molecule has 1 atom stereocenters. The molecule has 4 nitrogen and oxygen atoms in total. The molecule has 0 spiro atoms. The van der Waals surface area contributed by atoms with E-state index in [1.165, 1.54) is 12.8 Å². The molecule has 1 rings (SSSR count). The van der Waals surface area contributed by atoms with Gasteiger partial charge in [-0.1, -0.05) is 0 Å². The zero-order valence-electron chi connectivity index (χ0n) is 7.57. The zero-order chi connectivity index (χ0) is 9.68. The van der Waals surface area contributed by atoms with Crippen LogP contribution < -0.4 is 0 Å². The van der Waals surface area contributed by atoms with Crippen molar-refractivity contribution in [3.05, 3.63) is 0 Å². The molecule has 1 N–H and O–H groups in total. The van der Waals surface area contributed by atoms with Gasteiger partial charge in [-0.15, -0.1) is 0 Å². The van der Waals surface area contributed by atoms with Crippen molar-refractivity contribution in [2.45, 2.75) is 12.8 Å². The predicted octanol–water partition coefficient (Wildman–Crippen LogP) is -0.0845. The Kier molecular flexibility index (Phi) is 4.38. The molecule has 13 heavy (non-hydrogen) atoms. The molecule has 1 saturated heterocycles. The van der Waals surface area contributed by atoms with Crippen molar-refractivity contribution in [1.29, 1.82) is 0 Å². The number of rotatable bonds is 5. The van der Waals surface area contributed by atoms with Crippen molar-refractivity contribution < 1.29 is 14.1 Å². The molecular formula is C8H15NO3S. The molecule has 0 bridgehead atoms. The molecule has 1 unspecified atom stereocenters. The van der Waals surface area contributed by atoms with E-state index in [4.69, 9.17) is 5.11 Å². The minimum atomic E-state index is -1.19. The summed E-state index contributed by atoms with van der Waals surface area (Å²) in [6, 6.07) is 0. The first-order valence-corrected chi connectivity index (χ1v) is 5.96. The van der Waals surface area contributed by atoms with Gasteiger partial charge in [0.1, 0.15) is 5.75 Å². The molecule has 0 amide bonds. The molecule has 1 fully saturated rings. The number of carbonyl (C=O) groups is 1. The van der Waals surface area contributed by atoms with Crippen LogP contribution in [0.4, 0.5) is 0 Å². The number of hydrogen-bond acceptors (Lipinski definition) is 3. The van der Waals surface area contributed by atoms with Crippen LogP contribution in [0.15, 0.2) is 0 Å². The van der Waals surface area contributed by atoms with Crippen LogP contribution in [-0.2, 0) is 15.6 Å². The average molecular weight is 205 g/mol. The highest BCUT2D eigenvalue weighted by molar-refractivity contribution is 7.85. The van der Waals surface area contributed by atoms with E-state index in [2.05, 4.69) is 4.90 Å². The van der Waals surface area contributed by atoms with E-state index in [0.29, 0.717) is 5.75 Å². The second-order valence-electron chi connectivity index (χ2n) is 3.23. The molecule has 5 heteroatoms. The van der Waals surface area contributed by atoms with Crippen molar-refractivity contribution in [3.8, 4) is 0 Å². The van der Waals surface area contributed by atoms with Gasteiger partial charge in [-0.05, 0) is 25.9 Å². The lowest BCUT2D eigenvalue weighted by Gasteiger charge is -2.12. The van der Waals surface area contributed by atoms with Crippen LogP contribution in [0.25, 0.3) is 0 Å². The Balaban J connectivity index is 2.10. The molecule has 1 aliphatic rings. The van der Waals surface area contributed by atoms with E-state index in [0.717, 1.165) is 19.6 Å². The maximum absolute atomic E-state index is 11.1. The Morgan fingerprint density at radius 1 is 1.38 bits per heavy atom. The van der Waals surface area contributed by atoms with Crippen LogP contribution in [0.3, 0.4) is 0 Å². The van der Waals surface area contributed by atoms with Crippen molar-refractivity contribution in [2.24, 2.45) is 0 Å². The summed E-state index contributed by atoms with van der Waals surface area (Å²) < 4.78 is 11.1. The Bertz CT molecular complexity index is 202. The van der Waals surface area contributed by atoms with E-state index in [-0.39, 0.29) is 5.75 Å². The van der Waals surface area contributed by atoms with E-state index in [9.17, 15) is 9.00 Å². The van der Waals surface area contributed by atoms with Crippen LogP contribution in [0.2, 0.25) is 0 Å². The summed E-state index contributed by atoms with van der Waals surface area (Å²) in [4.78, 5) is 12.4. The second kappa shape index (κ2) is 5.34. The van der Waals surface area contributed by atoms with E-state index in [1.54, 1.807) is 0 Å². The van der Waals surface area contributed by atoms with E-state index < -0.39 is 16.8 Å². The fourth-order valence-corrected chi connectivity index (χ4v) is 2.33. The third-order valence-corrected chi connectivity index (χ3v) is 3.33. The Hall–Kier alpha value is -0.420. The standard InChI is InChI=1S/C8H15NO3S/c10-8(11)7-13(12)6-5-9-3-1-2-4-9/h1-7H2,(H,10,11). The summed E-state index contributed by atoms with van der Waals surface area (Å²) in [5, 5.41) is 8.37. The number of nitrogens with zero attached hydrogens (tertiary/aromatic N) is 1. The lowest BCUT2D eigenvalue weighted by atomic mass is 10.4. The lowest BCUT2D eigenvalue weighted by molar-refractivity contribution is -0.133. The first-order valence-electron chi connectivity index (χ1n) is 4.47. The normalized spacial score (nSPS) is 20.3. The van der Waals surface area contributed by atoms with Crippen LogP contribution >= 0.6 is 0 Å². The van der Waals surface area contributed by atoms with E-state index >= 15 is 0 Å². The summed E-state index contributed by atoms with van der Waals surface area (Å²) >= 11 is 0. The Morgan fingerprint density at radius 3 is 2.54 bits per heavy atom. The van der Waals surface area contributed by atoms with Crippen molar-refractivity contribution in [1.82, 2.24) is 4.90 Å². The molecule has 0 aliphatic carbocycles. The summed E-state index contributed by atoms with van der Waals surface area (Å²) in [6.07, 6.45) is 2.43. The fourth-order valence-electron chi connectivity index (χ4n) is 1.45. The largest absolute Gasteiger partial charge is 0.481 e. The average Bonchev–Trinajstić information content (AvgIpc) is 2.51. The van der Waals surface area contributed by atoms with Gasteiger partial charge in [-0.25, -0.2) is 0 Å². The molecule has 0 radical (unpaired) electrons. The van der Waals surface area contributed by atoms with Crippen LogP contribution in [0.5, 0.6) is 0 Å². The predicted molar refractivity (Wildman–Crippen MR) is 51.2 cm³/mol. The summed E-state index contributed by atoms with van der Waals surface area (Å²) in [5.74, 6) is -0.695.